The third-order valence-electron chi connectivity index (χ3n) is 4.34. The van der Waals surface area contributed by atoms with E-state index in [0.717, 1.165) is 43.4 Å². The number of ether oxygens (including phenoxy) is 1. The molecule has 0 aliphatic carbocycles. The summed E-state index contributed by atoms with van der Waals surface area (Å²) in [4.78, 5) is 6.21. The second-order valence-corrected chi connectivity index (χ2v) is 7.34. The van der Waals surface area contributed by atoms with Gasteiger partial charge in [-0.2, -0.15) is 0 Å². The van der Waals surface area contributed by atoms with Crippen molar-refractivity contribution < 1.29 is 9.26 Å². The monoisotopic (exact) mass is 385 g/mol. The Kier molecular flexibility index (Phi) is 4.09. The summed E-state index contributed by atoms with van der Waals surface area (Å²) in [7, 11) is 1.64. The number of hydrogen-bond acceptors (Lipinski definition) is 6. The molecule has 0 bridgehead atoms. The minimum absolute atomic E-state index is 0.615. The Morgan fingerprint density at radius 2 is 1.92 bits per heavy atom. The number of benzene rings is 1. The van der Waals surface area contributed by atoms with Gasteiger partial charge >= 0.3 is 0 Å². The van der Waals surface area contributed by atoms with Crippen LogP contribution in [0, 0.1) is 13.8 Å². The molecule has 0 unspecified atom stereocenters. The molecule has 5 nitrogen and oxygen atoms in total. The molecule has 0 amide bonds. The number of aromatic nitrogens is 2. The topological polar surface area (TPSA) is 74.2 Å². The van der Waals surface area contributed by atoms with Crippen LogP contribution in [0.3, 0.4) is 0 Å². The summed E-state index contributed by atoms with van der Waals surface area (Å²) in [5.41, 5.74) is 10.4. The molecule has 2 N–H and O–H groups in total. The van der Waals surface area contributed by atoms with Gasteiger partial charge in [0, 0.05) is 17.0 Å². The minimum atomic E-state index is 0.615. The molecular weight excluding hydrogens is 370 g/mol. The van der Waals surface area contributed by atoms with Gasteiger partial charge in [-0.15, -0.1) is 11.3 Å². The van der Waals surface area contributed by atoms with Crippen LogP contribution in [0.5, 0.6) is 5.75 Å². The predicted molar refractivity (Wildman–Crippen MR) is 106 cm³/mol. The first-order valence-electron chi connectivity index (χ1n) is 7.95. The summed E-state index contributed by atoms with van der Waals surface area (Å²) in [6.45, 7) is 3.84. The third kappa shape index (κ3) is 2.62. The van der Waals surface area contributed by atoms with Crippen molar-refractivity contribution in [3.05, 3.63) is 46.6 Å². The first-order chi connectivity index (χ1) is 12.5. The average Bonchev–Trinajstić information content (AvgIpc) is 3.25. The van der Waals surface area contributed by atoms with Gasteiger partial charge in [-0.05, 0) is 43.7 Å². The highest BCUT2D eigenvalue weighted by Gasteiger charge is 2.20. The number of methoxy groups -OCH3 is 1. The lowest BCUT2D eigenvalue weighted by Gasteiger charge is -2.03. The number of aryl methyl sites for hydroxylation is 2. The summed E-state index contributed by atoms with van der Waals surface area (Å²) < 4.78 is 10.7. The summed E-state index contributed by atoms with van der Waals surface area (Å²) in [6, 6.07) is 9.52. The maximum Gasteiger partial charge on any atom is 0.179 e. The van der Waals surface area contributed by atoms with Crippen molar-refractivity contribution in [2.45, 2.75) is 13.8 Å². The van der Waals surface area contributed by atoms with Gasteiger partial charge in [0.15, 0.2) is 5.76 Å². The van der Waals surface area contributed by atoms with Gasteiger partial charge in [0.2, 0.25) is 0 Å². The lowest BCUT2D eigenvalue weighted by molar-refractivity contribution is 0.415. The zero-order valence-electron chi connectivity index (χ0n) is 14.5. The quantitative estimate of drug-likeness (QED) is 0.505. The van der Waals surface area contributed by atoms with Crippen molar-refractivity contribution in [2.24, 2.45) is 0 Å². The second kappa shape index (κ2) is 6.30. The molecule has 3 heterocycles. The van der Waals surface area contributed by atoms with Crippen LogP contribution in [0.1, 0.15) is 11.3 Å². The fourth-order valence-electron chi connectivity index (χ4n) is 2.92. The maximum atomic E-state index is 6.38. The highest BCUT2D eigenvalue weighted by Crippen LogP contribution is 2.44. The van der Waals surface area contributed by atoms with E-state index in [1.165, 1.54) is 11.3 Å². The van der Waals surface area contributed by atoms with Crippen LogP contribution in [-0.4, -0.2) is 17.3 Å². The molecule has 0 atom stereocenters. The van der Waals surface area contributed by atoms with Crippen LogP contribution < -0.4 is 10.5 Å². The zero-order chi connectivity index (χ0) is 18.4. The van der Waals surface area contributed by atoms with Crippen molar-refractivity contribution >= 4 is 38.8 Å². The number of nitrogens with zero attached hydrogens (tertiary/aromatic N) is 2. The van der Waals surface area contributed by atoms with E-state index in [4.69, 9.17) is 26.6 Å². The molecule has 26 heavy (non-hydrogen) atoms. The fourth-order valence-corrected chi connectivity index (χ4v) is 4.20. The van der Waals surface area contributed by atoms with Crippen molar-refractivity contribution in [2.75, 3.05) is 12.8 Å². The number of nitrogen functional groups attached to an aromatic ring is 1. The molecule has 0 saturated heterocycles. The number of nitrogens with two attached hydrogens (primary N) is 1. The summed E-state index contributed by atoms with van der Waals surface area (Å²) in [5.74, 6) is 1.41. The van der Waals surface area contributed by atoms with E-state index in [0.29, 0.717) is 16.5 Å². The summed E-state index contributed by atoms with van der Waals surface area (Å²) in [5, 5.41) is 5.70. The van der Waals surface area contributed by atoms with Crippen LogP contribution in [0.25, 0.3) is 32.1 Å². The van der Waals surface area contributed by atoms with E-state index in [-0.39, 0.29) is 0 Å². The van der Waals surface area contributed by atoms with Gasteiger partial charge in [-0.25, -0.2) is 4.98 Å². The average molecular weight is 386 g/mol. The zero-order valence-corrected chi connectivity index (χ0v) is 16.0. The second-order valence-electron chi connectivity index (χ2n) is 5.97. The van der Waals surface area contributed by atoms with E-state index in [1.54, 1.807) is 7.11 Å². The third-order valence-corrected chi connectivity index (χ3v) is 6.01. The van der Waals surface area contributed by atoms with Crippen molar-refractivity contribution in [3.8, 4) is 27.6 Å². The summed E-state index contributed by atoms with van der Waals surface area (Å²) >= 11 is 7.81. The molecule has 4 rings (SSSR count). The smallest absolute Gasteiger partial charge is 0.179 e. The summed E-state index contributed by atoms with van der Waals surface area (Å²) in [6.07, 6.45) is 0. The SMILES string of the molecule is COc1ccc(-c2cc(-c3sc4nc(C)c(Cl)c(C)c4c3N)on2)cc1. The number of thiophene rings is 1. The van der Waals surface area contributed by atoms with Gasteiger partial charge in [-0.1, -0.05) is 16.8 Å². The minimum Gasteiger partial charge on any atom is -0.497 e. The lowest BCUT2D eigenvalue weighted by Crippen LogP contribution is -1.91. The molecule has 4 aromatic rings. The van der Waals surface area contributed by atoms with Crippen LogP contribution >= 0.6 is 22.9 Å². The van der Waals surface area contributed by atoms with Gasteiger partial charge < -0.3 is 15.0 Å². The van der Waals surface area contributed by atoms with Gasteiger partial charge in [0.25, 0.3) is 0 Å². The molecule has 0 spiro atoms. The number of hydrogen-bond donors (Lipinski definition) is 1. The number of halogens is 1. The lowest BCUT2D eigenvalue weighted by atomic mass is 10.1. The molecule has 0 fully saturated rings. The number of anilines is 1. The molecule has 132 valence electrons. The molecule has 1 aromatic carbocycles. The largest absolute Gasteiger partial charge is 0.497 e. The van der Waals surface area contributed by atoms with E-state index >= 15 is 0 Å². The van der Waals surface area contributed by atoms with E-state index in [2.05, 4.69) is 10.1 Å². The number of rotatable bonds is 3. The highest BCUT2D eigenvalue weighted by atomic mass is 35.5. The Morgan fingerprint density at radius 1 is 1.19 bits per heavy atom. The normalized spacial score (nSPS) is 11.2. The first kappa shape index (κ1) is 16.9. The standard InChI is InChI=1S/C19H16ClN3O2S/c1-9-15-17(21)18(26-19(15)22-10(2)16(9)20)14-8-13(23-25-14)11-4-6-12(24-3)7-5-11/h4-8H,21H2,1-3H3. The Hall–Kier alpha value is -2.57. The van der Waals surface area contributed by atoms with Crippen LogP contribution in [0.2, 0.25) is 5.02 Å². The molecule has 0 saturated carbocycles. The number of fused-ring (bicyclic) bond motifs is 1. The Bertz CT molecular complexity index is 1120. The Labute approximate surface area is 159 Å². The predicted octanol–water partition coefficient (Wildman–Crippen LogP) is 5.48. The van der Waals surface area contributed by atoms with E-state index in [9.17, 15) is 0 Å². The Balaban J connectivity index is 1.80. The van der Waals surface area contributed by atoms with Gasteiger partial charge in [-0.3, -0.25) is 0 Å². The van der Waals surface area contributed by atoms with Gasteiger partial charge in [0.05, 0.1) is 28.4 Å². The molecule has 3 aromatic heterocycles. The van der Waals surface area contributed by atoms with E-state index < -0.39 is 0 Å². The molecule has 0 aliphatic heterocycles. The van der Waals surface area contributed by atoms with Crippen molar-refractivity contribution in [1.29, 1.82) is 0 Å². The first-order valence-corrected chi connectivity index (χ1v) is 9.15. The van der Waals surface area contributed by atoms with Crippen molar-refractivity contribution in [1.82, 2.24) is 10.1 Å². The van der Waals surface area contributed by atoms with Crippen LogP contribution in [0.15, 0.2) is 34.9 Å². The van der Waals surface area contributed by atoms with Gasteiger partial charge in [0.1, 0.15) is 16.3 Å². The molecule has 0 aliphatic rings. The molecule has 0 radical (unpaired) electrons. The van der Waals surface area contributed by atoms with E-state index in [1.807, 2.05) is 44.2 Å². The molecular formula is C19H16ClN3O2S. The molecule has 7 heteroatoms. The number of pyridine rings is 1. The highest BCUT2D eigenvalue weighted by molar-refractivity contribution is 7.22. The van der Waals surface area contributed by atoms with Crippen LogP contribution in [0.4, 0.5) is 5.69 Å². The van der Waals surface area contributed by atoms with Crippen molar-refractivity contribution in [3.63, 3.8) is 0 Å². The maximum absolute atomic E-state index is 6.38. The fraction of sp³-hybridized carbons (Fsp3) is 0.158. The van der Waals surface area contributed by atoms with Crippen LogP contribution in [-0.2, 0) is 0 Å². The Morgan fingerprint density at radius 3 is 2.62 bits per heavy atom.